The molecule has 1 N–H and O–H groups in total. The molecule has 0 saturated heterocycles. The van der Waals surface area contributed by atoms with Gasteiger partial charge in [0.1, 0.15) is 0 Å². The highest BCUT2D eigenvalue weighted by molar-refractivity contribution is 7.92. The highest BCUT2D eigenvalue weighted by Crippen LogP contribution is 2.25. The molecule has 0 aliphatic carbocycles. The molecule has 6 nitrogen and oxygen atoms in total. The predicted octanol–water partition coefficient (Wildman–Crippen LogP) is 3.43. The van der Waals surface area contributed by atoms with E-state index in [0.29, 0.717) is 27.8 Å². The minimum atomic E-state index is -3.76. The third kappa shape index (κ3) is 3.87. The quantitative estimate of drug-likeness (QED) is 0.732. The van der Waals surface area contributed by atoms with Crippen LogP contribution in [0.4, 0.5) is 5.69 Å². The lowest BCUT2D eigenvalue weighted by molar-refractivity contribution is 0.601. The molecular formula is C15H12Cl2N4O2S. The van der Waals surface area contributed by atoms with Gasteiger partial charge in [0.15, 0.2) is 0 Å². The second kappa shape index (κ2) is 6.80. The number of rotatable bonds is 5. The molecule has 0 saturated carbocycles. The summed E-state index contributed by atoms with van der Waals surface area (Å²) in [6.45, 7) is 0.357. The van der Waals surface area contributed by atoms with Crippen LogP contribution in [0, 0.1) is 0 Å². The van der Waals surface area contributed by atoms with E-state index >= 15 is 0 Å². The first-order chi connectivity index (χ1) is 11.4. The molecule has 0 bridgehead atoms. The maximum Gasteiger partial charge on any atom is 0.261 e. The lowest BCUT2D eigenvalue weighted by atomic mass is 10.2. The fourth-order valence-electron chi connectivity index (χ4n) is 2.09. The summed E-state index contributed by atoms with van der Waals surface area (Å²) in [4.78, 5) is 0.110. The Morgan fingerprint density at radius 3 is 2.42 bits per heavy atom. The van der Waals surface area contributed by atoms with Crippen molar-refractivity contribution in [1.29, 1.82) is 0 Å². The van der Waals surface area contributed by atoms with Crippen molar-refractivity contribution in [3.05, 3.63) is 70.5 Å². The third-order valence-corrected chi connectivity index (χ3v) is 5.11. The summed E-state index contributed by atoms with van der Waals surface area (Å²) in [7, 11) is -3.76. The van der Waals surface area contributed by atoms with Gasteiger partial charge in [-0.05, 0) is 42.0 Å². The average Bonchev–Trinajstić information content (AvgIpc) is 3.03. The second-order valence-electron chi connectivity index (χ2n) is 4.96. The van der Waals surface area contributed by atoms with Crippen LogP contribution in [0.15, 0.2) is 59.8 Å². The van der Waals surface area contributed by atoms with Crippen molar-refractivity contribution in [2.24, 2.45) is 0 Å². The largest absolute Gasteiger partial charge is 0.279 e. The van der Waals surface area contributed by atoms with Crippen LogP contribution in [0.3, 0.4) is 0 Å². The monoisotopic (exact) mass is 382 g/mol. The molecule has 24 heavy (non-hydrogen) atoms. The number of anilines is 1. The van der Waals surface area contributed by atoms with Gasteiger partial charge in [-0.2, -0.15) is 0 Å². The number of nitrogens with one attached hydrogen (secondary N) is 1. The van der Waals surface area contributed by atoms with Gasteiger partial charge in [-0.1, -0.05) is 34.5 Å². The molecule has 0 amide bonds. The average molecular weight is 383 g/mol. The van der Waals surface area contributed by atoms with Gasteiger partial charge in [-0.15, -0.1) is 5.10 Å². The number of sulfonamides is 1. The summed E-state index contributed by atoms with van der Waals surface area (Å²) in [6, 6.07) is 10.9. The highest BCUT2D eigenvalue weighted by Gasteiger charge is 2.16. The van der Waals surface area contributed by atoms with E-state index < -0.39 is 10.0 Å². The molecule has 0 atom stereocenters. The van der Waals surface area contributed by atoms with Gasteiger partial charge in [0.2, 0.25) is 0 Å². The summed E-state index contributed by atoms with van der Waals surface area (Å²) in [5, 5.41) is 8.50. The minimum absolute atomic E-state index is 0.110. The predicted molar refractivity (Wildman–Crippen MR) is 92.8 cm³/mol. The standard InChI is InChI=1S/C15H12Cl2N4O2S/c16-12-3-5-14(6-4-12)24(22,23)19-15-9-13(17)2-1-11(15)10-21-8-7-18-20-21/h1-9,19H,10H2. The van der Waals surface area contributed by atoms with E-state index in [1.807, 2.05) is 0 Å². The molecule has 3 rings (SSSR count). The van der Waals surface area contributed by atoms with E-state index in [1.54, 1.807) is 35.3 Å². The topological polar surface area (TPSA) is 76.9 Å². The molecule has 1 aromatic heterocycles. The lowest BCUT2D eigenvalue weighted by Crippen LogP contribution is -2.15. The molecule has 0 fully saturated rings. The van der Waals surface area contributed by atoms with Crippen LogP contribution in [0.25, 0.3) is 0 Å². The van der Waals surface area contributed by atoms with Crippen LogP contribution in [-0.4, -0.2) is 23.4 Å². The van der Waals surface area contributed by atoms with Gasteiger partial charge in [0, 0.05) is 16.2 Å². The summed E-state index contributed by atoms with van der Waals surface area (Å²) in [6.07, 6.45) is 3.24. The maximum atomic E-state index is 12.5. The molecule has 0 unspecified atom stereocenters. The van der Waals surface area contributed by atoms with Gasteiger partial charge >= 0.3 is 0 Å². The molecule has 2 aromatic carbocycles. The van der Waals surface area contributed by atoms with Crippen LogP contribution in [0.2, 0.25) is 10.0 Å². The van der Waals surface area contributed by atoms with Crippen molar-refractivity contribution < 1.29 is 8.42 Å². The number of aromatic nitrogens is 3. The first-order valence-corrected chi connectivity index (χ1v) is 9.09. The zero-order chi connectivity index (χ0) is 17.2. The molecule has 0 radical (unpaired) electrons. The van der Waals surface area contributed by atoms with Crippen molar-refractivity contribution in [3.8, 4) is 0 Å². The first kappa shape index (κ1) is 16.8. The Balaban J connectivity index is 1.93. The third-order valence-electron chi connectivity index (χ3n) is 3.24. The van der Waals surface area contributed by atoms with E-state index in [0.717, 1.165) is 0 Å². The SMILES string of the molecule is O=S(=O)(Nc1cc(Cl)ccc1Cn1ccnn1)c1ccc(Cl)cc1. The van der Waals surface area contributed by atoms with Crippen LogP contribution < -0.4 is 4.72 Å². The Morgan fingerprint density at radius 1 is 1.04 bits per heavy atom. The smallest absolute Gasteiger partial charge is 0.261 e. The molecular weight excluding hydrogens is 371 g/mol. The molecule has 3 aromatic rings. The molecule has 9 heteroatoms. The molecule has 0 spiro atoms. The number of hydrogen-bond acceptors (Lipinski definition) is 4. The van der Waals surface area contributed by atoms with Crippen LogP contribution in [0.5, 0.6) is 0 Å². The Labute approximate surface area is 149 Å². The van der Waals surface area contributed by atoms with Gasteiger partial charge in [0.25, 0.3) is 10.0 Å². The molecule has 0 aliphatic rings. The zero-order valence-corrected chi connectivity index (χ0v) is 14.6. The van der Waals surface area contributed by atoms with E-state index in [1.165, 1.54) is 24.3 Å². The summed E-state index contributed by atoms with van der Waals surface area (Å²) >= 11 is 11.8. The summed E-state index contributed by atoms with van der Waals surface area (Å²) in [5.74, 6) is 0. The number of nitrogens with zero attached hydrogens (tertiary/aromatic N) is 3. The Hall–Kier alpha value is -2.09. The number of halogens is 2. The number of hydrogen-bond donors (Lipinski definition) is 1. The van der Waals surface area contributed by atoms with Crippen molar-refractivity contribution in [1.82, 2.24) is 15.0 Å². The van der Waals surface area contributed by atoms with Gasteiger partial charge in [0.05, 0.1) is 23.3 Å². The van der Waals surface area contributed by atoms with Crippen LogP contribution in [-0.2, 0) is 16.6 Å². The molecule has 0 aliphatic heterocycles. The first-order valence-electron chi connectivity index (χ1n) is 6.85. The Kier molecular flexibility index (Phi) is 4.75. The van der Waals surface area contributed by atoms with E-state index in [9.17, 15) is 8.42 Å². The summed E-state index contributed by atoms with van der Waals surface area (Å²) in [5.41, 5.74) is 1.09. The molecule has 124 valence electrons. The minimum Gasteiger partial charge on any atom is -0.279 e. The van der Waals surface area contributed by atoms with E-state index in [4.69, 9.17) is 23.2 Å². The maximum absolute atomic E-state index is 12.5. The van der Waals surface area contributed by atoms with E-state index in [2.05, 4.69) is 15.0 Å². The van der Waals surface area contributed by atoms with Gasteiger partial charge in [-0.3, -0.25) is 4.72 Å². The van der Waals surface area contributed by atoms with Gasteiger partial charge < -0.3 is 0 Å². The fraction of sp³-hybridized carbons (Fsp3) is 0.0667. The normalized spacial score (nSPS) is 11.4. The van der Waals surface area contributed by atoms with E-state index in [-0.39, 0.29) is 4.90 Å². The van der Waals surface area contributed by atoms with Gasteiger partial charge in [-0.25, -0.2) is 13.1 Å². The van der Waals surface area contributed by atoms with Crippen molar-refractivity contribution in [2.75, 3.05) is 4.72 Å². The van der Waals surface area contributed by atoms with Crippen molar-refractivity contribution in [2.45, 2.75) is 11.4 Å². The van der Waals surface area contributed by atoms with Crippen molar-refractivity contribution in [3.63, 3.8) is 0 Å². The molecule has 1 heterocycles. The second-order valence-corrected chi connectivity index (χ2v) is 7.52. The van der Waals surface area contributed by atoms with Crippen LogP contribution in [0.1, 0.15) is 5.56 Å². The zero-order valence-electron chi connectivity index (χ0n) is 12.2. The van der Waals surface area contributed by atoms with Crippen molar-refractivity contribution >= 4 is 38.9 Å². The fourth-order valence-corrected chi connectivity index (χ4v) is 3.48. The number of benzene rings is 2. The Morgan fingerprint density at radius 2 is 1.75 bits per heavy atom. The lowest BCUT2D eigenvalue weighted by Gasteiger charge is -2.13. The van der Waals surface area contributed by atoms with Crippen LogP contribution >= 0.6 is 23.2 Å². The summed E-state index contributed by atoms with van der Waals surface area (Å²) < 4.78 is 29.2. The Bertz CT molecular complexity index is 942. The highest BCUT2D eigenvalue weighted by atomic mass is 35.5.